The first-order chi connectivity index (χ1) is 12.3. The number of nitrogens with zero attached hydrogens (tertiary/aromatic N) is 4. The van der Waals surface area contributed by atoms with Crippen LogP contribution in [0.4, 0.5) is 5.82 Å². The van der Waals surface area contributed by atoms with Crippen molar-refractivity contribution in [1.29, 1.82) is 0 Å². The monoisotopic (exact) mass is 348 g/mol. The molecule has 0 amide bonds. The SMILES string of the molecule is CCOCCNC(=NC)NCc1ccnc(N2CCN(CC)CC2)c1. The molecule has 1 aromatic heterocycles. The number of aromatic nitrogens is 1. The molecule has 0 aromatic carbocycles. The number of aliphatic imine (C=N–C) groups is 1. The van der Waals surface area contributed by atoms with Crippen LogP contribution in [-0.2, 0) is 11.3 Å². The van der Waals surface area contributed by atoms with Gasteiger partial charge >= 0.3 is 0 Å². The molecule has 7 nitrogen and oxygen atoms in total. The number of piperazine rings is 1. The first kappa shape index (κ1) is 19.5. The summed E-state index contributed by atoms with van der Waals surface area (Å²) in [6.07, 6.45) is 1.89. The molecule has 0 spiro atoms. The van der Waals surface area contributed by atoms with E-state index in [2.05, 4.69) is 43.4 Å². The Balaban J connectivity index is 1.82. The summed E-state index contributed by atoms with van der Waals surface area (Å²) < 4.78 is 5.33. The van der Waals surface area contributed by atoms with E-state index in [0.717, 1.165) is 64.2 Å². The van der Waals surface area contributed by atoms with Gasteiger partial charge in [-0.25, -0.2) is 4.98 Å². The van der Waals surface area contributed by atoms with Gasteiger partial charge in [0.25, 0.3) is 0 Å². The van der Waals surface area contributed by atoms with Gasteiger partial charge in [0.05, 0.1) is 6.61 Å². The Labute approximate surface area is 151 Å². The number of ether oxygens (including phenoxy) is 1. The van der Waals surface area contributed by atoms with E-state index in [9.17, 15) is 0 Å². The van der Waals surface area contributed by atoms with Crippen LogP contribution in [-0.4, -0.2) is 75.4 Å². The van der Waals surface area contributed by atoms with Crippen molar-refractivity contribution in [3.8, 4) is 0 Å². The molecule has 25 heavy (non-hydrogen) atoms. The third kappa shape index (κ3) is 6.51. The third-order valence-corrected chi connectivity index (χ3v) is 4.38. The number of rotatable bonds is 8. The molecule has 0 bridgehead atoms. The summed E-state index contributed by atoms with van der Waals surface area (Å²) in [4.78, 5) is 13.6. The van der Waals surface area contributed by atoms with Crippen molar-refractivity contribution >= 4 is 11.8 Å². The Morgan fingerprint density at radius 2 is 2.04 bits per heavy atom. The summed E-state index contributed by atoms with van der Waals surface area (Å²) in [5.41, 5.74) is 1.20. The van der Waals surface area contributed by atoms with E-state index in [0.29, 0.717) is 6.61 Å². The number of hydrogen-bond donors (Lipinski definition) is 2. The lowest BCUT2D eigenvalue weighted by Gasteiger charge is -2.34. The summed E-state index contributed by atoms with van der Waals surface area (Å²) >= 11 is 0. The highest BCUT2D eigenvalue weighted by Crippen LogP contribution is 2.15. The molecule has 0 saturated carbocycles. The predicted molar refractivity (Wildman–Crippen MR) is 103 cm³/mol. The van der Waals surface area contributed by atoms with Gasteiger partial charge in [0.2, 0.25) is 0 Å². The van der Waals surface area contributed by atoms with E-state index >= 15 is 0 Å². The molecule has 140 valence electrons. The standard InChI is InChI=1S/C18H32N6O/c1-4-23-9-11-24(12-10-23)17-14-16(6-7-20-17)15-22-18(19-3)21-8-13-25-5-2/h6-7,14H,4-5,8-13,15H2,1-3H3,(H2,19,21,22). The molecule has 0 aliphatic carbocycles. The Morgan fingerprint density at radius 3 is 2.72 bits per heavy atom. The predicted octanol–water partition coefficient (Wildman–Crippen LogP) is 0.925. The highest BCUT2D eigenvalue weighted by molar-refractivity contribution is 5.79. The normalized spacial score (nSPS) is 16.1. The molecular weight excluding hydrogens is 316 g/mol. The van der Waals surface area contributed by atoms with Crippen molar-refractivity contribution in [2.24, 2.45) is 4.99 Å². The molecule has 1 aromatic rings. The Morgan fingerprint density at radius 1 is 1.24 bits per heavy atom. The molecule has 1 saturated heterocycles. The van der Waals surface area contributed by atoms with Crippen molar-refractivity contribution in [2.45, 2.75) is 20.4 Å². The summed E-state index contributed by atoms with van der Waals surface area (Å²) in [5, 5.41) is 6.58. The fourth-order valence-corrected chi connectivity index (χ4v) is 2.83. The first-order valence-electron chi connectivity index (χ1n) is 9.21. The second kappa shape index (κ2) is 10.9. The number of nitrogens with one attached hydrogen (secondary N) is 2. The van der Waals surface area contributed by atoms with Crippen LogP contribution >= 0.6 is 0 Å². The van der Waals surface area contributed by atoms with Gasteiger partial charge in [0.1, 0.15) is 5.82 Å². The van der Waals surface area contributed by atoms with E-state index < -0.39 is 0 Å². The van der Waals surface area contributed by atoms with E-state index in [1.165, 1.54) is 5.56 Å². The van der Waals surface area contributed by atoms with Crippen LogP contribution < -0.4 is 15.5 Å². The van der Waals surface area contributed by atoms with Gasteiger partial charge in [-0.05, 0) is 31.2 Å². The summed E-state index contributed by atoms with van der Waals surface area (Å²) in [6.45, 7) is 12.5. The number of hydrogen-bond acceptors (Lipinski definition) is 5. The van der Waals surface area contributed by atoms with Crippen molar-refractivity contribution in [3.05, 3.63) is 23.9 Å². The first-order valence-corrected chi connectivity index (χ1v) is 9.21. The van der Waals surface area contributed by atoms with Crippen LogP contribution in [0.5, 0.6) is 0 Å². The number of pyridine rings is 1. The topological polar surface area (TPSA) is 65.0 Å². The average molecular weight is 348 g/mol. The highest BCUT2D eigenvalue weighted by Gasteiger charge is 2.16. The van der Waals surface area contributed by atoms with Crippen molar-refractivity contribution < 1.29 is 4.74 Å². The lowest BCUT2D eigenvalue weighted by molar-refractivity contribution is 0.152. The fraction of sp³-hybridized carbons (Fsp3) is 0.667. The zero-order valence-corrected chi connectivity index (χ0v) is 15.8. The molecule has 2 heterocycles. The quantitative estimate of drug-likeness (QED) is 0.414. The molecular formula is C18H32N6O. The van der Waals surface area contributed by atoms with Crippen LogP contribution in [0.25, 0.3) is 0 Å². The second-order valence-corrected chi connectivity index (χ2v) is 5.99. The third-order valence-electron chi connectivity index (χ3n) is 4.38. The maximum absolute atomic E-state index is 5.33. The van der Waals surface area contributed by atoms with E-state index in [4.69, 9.17) is 4.74 Å². The van der Waals surface area contributed by atoms with Gasteiger partial charge in [-0.3, -0.25) is 4.99 Å². The molecule has 1 aliphatic rings. The minimum absolute atomic E-state index is 0.681. The Hall–Kier alpha value is -1.86. The molecule has 1 aliphatic heterocycles. The number of guanidine groups is 1. The molecule has 7 heteroatoms. The highest BCUT2D eigenvalue weighted by atomic mass is 16.5. The molecule has 0 unspecified atom stereocenters. The lowest BCUT2D eigenvalue weighted by Crippen LogP contribution is -2.46. The number of likely N-dealkylation sites (N-methyl/N-ethyl adjacent to an activating group) is 1. The van der Waals surface area contributed by atoms with Gasteiger partial charge < -0.3 is 25.2 Å². The average Bonchev–Trinajstić information content (AvgIpc) is 2.68. The zero-order valence-electron chi connectivity index (χ0n) is 15.8. The van der Waals surface area contributed by atoms with Crippen molar-refractivity contribution in [3.63, 3.8) is 0 Å². The van der Waals surface area contributed by atoms with Gasteiger partial charge in [-0.15, -0.1) is 0 Å². The number of anilines is 1. The molecule has 2 N–H and O–H groups in total. The van der Waals surface area contributed by atoms with Crippen LogP contribution in [0.3, 0.4) is 0 Å². The maximum Gasteiger partial charge on any atom is 0.191 e. The van der Waals surface area contributed by atoms with Crippen molar-refractivity contribution in [2.75, 3.05) is 64.4 Å². The van der Waals surface area contributed by atoms with E-state index in [1.54, 1.807) is 7.05 Å². The van der Waals surface area contributed by atoms with E-state index in [-0.39, 0.29) is 0 Å². The van der Waals surface area contributed by atoms with Gasteiger partial charge in [-0.2, -0.15) is 0 Å². The van der Waals surface area contributed by atoms with Crippen LogP contribution in [0.15, 0.2) is 23.3 Å². The molecule has 0 radical (unpaired) electrons. The second-order valence-electron chi connectivity index (χ2n) is 5.99. The molecule has 0 atom stereocenters. The molecule has 1 fully saturated rings. The van der Waals surface area contributed by atoms with Gasteiger partial charge in [0, 0.05) is 59.1 Å². The summed E-state index contributed by atoms with van der Waals surface area (Å²) in [7, 11) is 1.78. The largest absolute Gasteiger partial charge is 0.380 e. The summed E-state index contributed by atoms with van der Waals surface area (Å²) in [6, 6.07) is 4.22. The minimum atomic E-state index is 0.681. The maximum atomic E-state index is 5.33. The van der Waals surface area contributed by atoms with Crippen molar-refractivity contribution in [1.82, 2.24) is 20.5 Å². The minimum Gasteiger partial charge on any atom is -0.380 e. The van der Waals surface area contributed by atoms with Crippen LogP contribution in [0.1, 0.15) is 19.4 Å². The zero-order chi connectivity index (χ0) is 17.9. The smallest absolute Gasteiger partial charge is 0.191 e. The van der Waals surface area contributed by atoms with Gasteiger partial charge in [0.15, 0.2) is 5.96 Å². The fourth-order valence-electron chi connectivity index (χ4n) is 2.83. The Bertz CT molecular complexity index is 528. The van der Waals surface area contributed by atoms with Crippen LogP contribution in [0, 0.1) is 0 Å². The van der Waals surface area contributed by atoms with E-state index in [1.807, 2.05) is 19.2 Å². The Kier molecular flexibility index (Phi) is 8.48. The molecule has 2 rings (SSSR count). The summed E-state index contributed by atoms with van der Waals surface area (Å²) in [5.74, 6) is 1.85. The lowest BCUT2D eigenvalue weighted by atomic mass is 10.2. The van der Waals surface area contributed by atoms with Crippen LogP contribution in [0.2, 0.25) is 0 Å². The van der Waals surface area contributed by atoms with Gasteiger partial charge in [-0.1, -0.05) is 6.92 Å².